The van der Waals surface area contributed by atoms with Crippen molar-refractivity contribution in [2.75, 3.05) is 39.7 Å². The Morgan fingerprint density at radius 3 is 2.07 bits per heavy atom. The van der Waals surface area contributed by atoms with Gasteiger partial charge in [-0.25, -0.2) is 0 Å². The quantitative estimate of drug-likeness (QED) is 0.547. The molecule has 1 amide bonds. The van der Waals surface area contributed by atoms with Gasteiger partial charge in [-0.15, -0.1) is 0 Å². The van der Waals surface area contributed by atoms with Crippen molar-refractivity contribution in [3.8, 4) is 5.75 Å². The molecule has 0 radical (unpaired) electrons. The number of hydrogen-bond acceptors (Lipinski definition) is 4. The topological polar surface area (TPSA) is 50.8 Å². The van der Waals surface area contributed by atoms with Crippen molar-refractivity contribution >= 4 is 11.6 Å². The van der Waals surface area contributed by atoms with Crippen molar-refractivity contribution in [1.82, 2.24) is 4.90 Å². The van der Waals surface area contributed by atoms with E-state index in [-0.39, 0.29) is 5.91 Å². The highest BCUT2D eigenvalue weighted by Gasteiger charge is 2.39. The third kappa shape index (κ3) is 8.31. The molecule has 0 aliphatic rings. The number of hydrogen-bond donors (Lipinski definition) is 1. The van der Waals surface area contributed by atoms with Gasteiger partial charge >= 0.3 is 0 Å². The summed E-state index contributed by atoms with van der Waals surface area (Å²) in [4.78, 5) is 15.2. The summed E-state index contributed by atoms with van der Waals surface area (Å²) in [7, 11) is 5.74. The summed E-state index contributed by atoms with van der Waals surface area (Å²) in [6, 6.07) is 7.55. The number of rotatable bonds is 12. The maximum absolute atomic E-state index is 13.0. The Balaban J connectivity index is 2.72. The summed E-state index contributed by atoms with van der Waals surface area (Å²) >= 11 is 0. The van der Waals surface area contributed by atoms with E-state index in [1.807, 2.05) is 24.3 Å². The zero-order valence-electron chi connectivity index (χ0n) is 18.2. The van der Waals surface area contributed by atoms with Crippen molar-refractivity contribution in [3.63, 3.8) is 0 Å². The van der Waals surface area contributed by atoms with Crippen LogP contribution in [0.1, 0.15) is 47.0 Å². The molecule has 0 saturated carbocycles. The van der Waals surface area contributed by atoms with Crippen LogP contribution < -0.4 is 10.1 Å². The molecular formula is C22H38N2O3. The molecule has 5 nitrogen and oxygen atoms in total. The number of carbonyl (C=O) groups is 1. The molecule has 1 aromatic carbocycles. The number of methoxy groups -OCH3 is 1. The van der Waals surface area contributed by atoms with Gasteiger partial charge in [0.1, 0.15) is 11.4 Å². The van der Waals surface area contributed by atoms with Crippen LogP contribution in [0.25, 0.3) is 0 Å². The van der Waals surface area contributed by atoms with Gasteiger partial charge in [0.25, 0.3) is 5.91 Å². The Hall–Kier alpha value is -1.59. The molecule has 0 saturated heterocycles. The van der Waals surface area contributed by atoms with Crippen molar-refractivity contribution in [3.05, 3.63) is 24.3 Å². The molecule has 0 heterocycles. The zero-order chi connectivity index (χ0) is 20.4. The highest BCUT2D eigenvalue weighted by molar-refractivity contribution is 5.97. The molecule has 27 heavy (non-hydrogen) atoms. The highest BCUT2D eigenvalue weighted by atomic mass is 16.5. The number of amides is 1. The third-order valence-corrected chi connectivity index (χ3v) is 4.41. The minimum absolute atomic E-state index is 0.0768. The predicted molar refractivity (Wildman–Crippen MR) is 112 cm³/mol. The third-order valence-electron chi connectivity index (χ3n) is 4.41. The van der Waals surface area contributed by atoms with Gasteiger partial charge in [0, 0.05) is 19.3 Å². The first-order valence-corrected chi connectivity index (χ1v) is 9.92. The molecule has 1 N–H and O–H groups in total. The molecule has 0 aliphatic carbocycles. The van der Waals surface area contributed by atoms with Gasteiger partial charge in [0.2, 0.25) is 0 Å². The summed E-state index contributed by atoms with van der Waals surface area (Å²) in [5.74, 6) is 1.47. The molecule has 0 fully saturated rings. The SMILES string of the molecule is COC(CC(C)C)(CC(C)C)C(=O)Nc1ccc(OCCCN(C)C)cc1. The van der Waals surface area contributed by atoms with Crippen molar-refractivity contribution in [1.29, 1.82) is 0 Å². The Morgan fingerprint density at radius 1 is 1.07 bits per heavy atom. The summed E-state index contributed by atoms with van der Waals surface area (Å²) in [5.41, 5.74) is -0.0430. The van der Waals surface area contributed by atoms with Gasteiger partial charge in [0.05, 0.1) is 6.61 Å². The van der Waals surface area contributed by atoms with Crippen LogP contribution in [0.2, 0.25) is 0 Å². The number of ether oxygens (including phenoxy) is 2. The maximum Gasteiger partial charge on any atom is 0.256 e. The standard InChI is InChI=1S/C22H38N2O3/c1-17(2)15-22(26-7,16-18(3)4)21(25)23-19-9-11-20(12-10-19)27-14-8-13-24(5)6/h9-12,17-18H,8,13-16H2,1-7H3,(H,23,25). The van der Waals surface area contributed by atoms with Gasteiger partial charge in [-0.05, 0) is 69.5 Å². The average molecular weight is 379 g/mol. The fourth-order valence-corrected chi connectivity index (χ4v) is 3.30. The van der Waals surface area contributed by atoms with Crippen LogP contribution in [0.5, 0.6) is 5.75 Å². The average Bonchev–Trinajstić information content (AvgIpc) is 2.58. The minimum Gasteiger partial charge on any atom is -0.494 e. The predicted octanol–water partition coefficient (Wildman–Crippen LogP) is 4.43. The molecule has 1 rings (SSSR count). The molecule has 0 unspecified atom stereocenters. The Morgan fingerprint density at radius 2 is 1.63 bits per heavy atom. The van der Waals surface area contributed by atoms with Gasteiger partial charge in [0.15, 0.2) is 0 Å². The van der Waals surface area contributed by atoms with E-state index in [0.717, 1.165) is 24.4 Å². The molecule has 154 valence electrons. The lowest BCUT2D eigenvalue weighted by Gasteiger charge is -2.34. The van der Waals surface area contributed by atoms with Crippen molar-refractivity contribution in [2.45, 2.75) is 52.6 Å². The van der Waals surface area contributed by atoms with Crippen LogP contribution in [0, 0.1) is 11.8 Å². The summed E-state index contributed by atoms with van der Waals surface area (Å²) < 4.78 is 11.5. The van der Waals surface area contributed by atoms with E-state index in [2.05, 4.69) is 52.0 Å². The van der Waals surface area contributed by atoms with Gasteiger partial charge in [-0.2, -0.15) is 0 Å². The molecule has 0 aromatic heterocycles. The normalized spacial score (nSPS) is 12.1. The van der Waals surface area contributed by atoms with E-state index in [4.69, 9.17) is 9.47 Å². The lowest BCUT2D eigenvalue weighted by Crippen LogP contribution is -2.46. The molecule has 0 bridgehead atoms. The van der Waals surface area contributed by atoms with Gasteiger partial charge in [-0.3, -0.25) is 4.79 Å². The summed E-state index contributed by atoms with van der Waals surface area (Å²) in [5, 5.41) is 3.03. The number of carbonyl (C=O) groups excluding carboxylic acids is 1. The van der Waals surface area contributed by atoms with E-state index in [0.29, 0.717) is 31.3 Å². The molecular weight excluding hydrogens is 340 g/mol. The fraction of sp³-hybridized carbons (Fsp3) is 0.682. The van der Waals surface area contributed by atoms with Crippen LogP contribution in [0.4, 0.5) is 5.69 Å². The van der Waals surface area contributed by atoms with Crippen LogP contribution in [0.15, 0.2) is 24.3 Å². The molecule has 1 aromatic rings. The maximum atomic E-state index is 13.0. The number of nitrogens with one attached hydrogen (secondary N) is 1. The van der Waals surface area contributed by atoms with E-state index in [9.17, 15) is 4.79 Å². The van der Waals surface area contributed by atoms with Crippen molar-refractivity contribution in [2.24, 2.45) is 11.8 Å². The van der Waals surface area contributed by atoms with E-state index in [1.165, 1.54) is 0 Å². The minimum atomic E-state index is -0.802. The summed E-state index contributed by atoms with van der Waals surface area (Å²) in [6.45, 7) is 10.1. The van der Waals surface area contributed by atoms with Crippen LogP contribution in [-0.2, 0) is 9.53 Å². The highest BCUT2D eigenvalue weighted by Crippen LogP contribution is 2.30. The first-order chi connectivity index (χ1) is 12.7. The number of anilines is 1. The smallest absolute Gasteiger partial charge is 0.256 e. The number of nitrogens with zero attached hydrogens (tertiary/aromatic N) is 1. The summed E-state index contributed by atoms with van der Waals surface area (Å²) in [6.07, 6.45) is 2.37. The van der Waals surface area contributed by atoms with Crippen LogP contribution in [0.3, 0.4) is 0 Å². The Labute approximate surface area is 165 Å². The molecule has 0 spiro atoms. The fourth-order valence-electron chi connectivity index (χ4n) is 3.30. The largest absolute Gasteiger partial charge is 0.494 e. The molecule has 0 atom stereocenters. The van der Waals surface area contributed by atoms with Gasteiger partial charge < -0.3 is 19.7 Å². The lowest BCUT2D eigenvalue weighted by molar-refractivity contribution is -0.142. The molecule has 0 aliphatic heterocycles. The second-order valence-electron chi connectivity index (χ2n) is 8.38. The first-order valence-electron chi connectivity index (χ1n) is 9.92. The Bertz CT molecular complexity index is 543. The van der Waals surface area contributed by atoms with Gasteiger partial charge in [-0.1, -0.05) is 27.7 Å². The first kappa shape index (κ1) is 23.4. The van der Waals surface area contributed by atoms with E-state index >= 15 is 0 Å². The Kier molecular flexibility index (Phi) is 9.81. The van der Waals surface area contributed by atoms with Crippen molar-refractivity contribution < 1.29 is 14.3 Å². The van der Waals surface area contributed by atoms with E-state index in [1.54, 1.807) is 7.11 Å². The number of benzene rings is 1. The van der Waals surface area contributed by atoms with E-state index < -0.39 is 5.60 Å². The second-order valence-corrected chi connectivity index (χ2v) is 8.38. The zero-order valence-corrected chi connectivity index (χ0v) is 18.2. The monoisotopic (exact) mass is 378 g/mol. The second kappa shape index (κ2) is 11.3. The van der Waals surface area contributed by atoms with Crippen LogP contribution >= 0.6 is 0 Å². The molecule has 5 heteroatoms. The van der Waals surface area contributed by atoms with Crippen LogP contribution in [-0.4, -0.2) is 50.8 Å². The lowest BCUT2D eigenvalue weighted by atomic mass is 9.84.